The van der Waals surface area contributed by atoms with Gasteiger partial charge < -0.3 is 9.47 Å². The third kappa shape index (κ3) is 4.01. The van der Waals surface area contributed by atoms with Crippen LogP contribution in [0.4, 0.5) is 4.39 Å². The first-order chi connectivity index (χ1) is 14.1. The van der Waals surface area contributed by atoms with E-state index >= 15 is 0 Å². The number of rotatable bonds is 6. The predicted molar refractivity (Wildman–Crippen MR) is 114 cm³/mol. The normalized spacial score (nSPS) is 14.6. The number of hydrogen-bond acceptors (Lipinski definition) is 2. The number of carbonyl (C=O) groups is 1. The Hall–Kier alpha value is -2.40. The molecule has 152 valence electrons. The Morgan fingerprint density at radius 2 is 2.00 bits per heavy atom. The van der Waals surface area contributed by atoms with E-state index in [1.165, 1.54) is 31.0 Å². The highest BCUT2D eigenvalue weighted by Gasteiger charge is 2.25. The number of imidazole rings is 1. The largest absolute Gasteiger partial charge is 0.331 e. The van der Waals surface area contributed by atoms with Crippen molar-refractivity contribution in [1.29, 1.82) is 0 Å². The van der Waals surface area contributed by atoms with Gasteiger partial charge in [-0.2, -0.15) is 0 Å². The van der Waals surface area contributed by atoms with Crippen LogP contribution < -0.4 is 0 Å². The molecule has 0 spiro atoms. The lowest BCUT2D eigenvalue weighted by atomic mass is 10.2. The number of nitrogens with zero attached hydrogens (tertiary/aromatic N) is 3. The minimum atomic E-state index is -0.520. The van der Waals surface area contributed by atoms with Crippen molar-refractivity contribution >= 4 is 28.5 Å². The molecule has 0 aliphatic heterocycles. The quantitative estimate of drug-likeness (QED) is 0.497. The number of carbonyl (C=O) groups excluding carboxylic acids is 1. The summed E-state index contributed by atoms with van der Waals surface area (Å²) in [6.45, 7) is 3.06. The molecule has 29 heavy (non-hydrogen) atoms. The molecule has 1 heterocycles. The van der Waals surface area contributed by atoms with E-state index in [0.717, 1.165) is 36.1 Å². The Morgan fingerprint density at radius 3 is 2.72 bits per heavy atom. The standard InChI is InChI=1S/C23H25ClFN3O/c1-2-13-27(23(29)16-11-12-19(25)18(24)14-16)15-22-26-20-9-5-6-10-21(20)28(22)17-7-3-4-8-17/h5-6,9-12,14,17H,2-4,7-8,13,15H2,1H3. The molecular weight excluding hydrogens is 389 g/mol. The van der Waals surface area contributed by atoms with Gasteiger partial charge in [0, 0.05) is 18.2 Å². The van der Waals surface area contributed by atoms with Crippen LogP contribution in [0.3, 0.4) is 0 Å². The van der Waals surface area contributed by atoms with Crippen LogP contribution in [0.15, 0.2) is 42.5 Å². The minimum Gasteiger partial charge on any atom is -0.331 e. The summed E-state index contributed by atoms with van der Waals surface area (Å²) in [6, 6.07) is 12.7. The number of para-hydroxylation sites is 2. The maximum Gasteiger partial charge on any atom is 0.254 e. The summed E-state index contributed by atoms with van der Waals surface area (Å²) in [7, 11) is 0. The summed E-state index contributed by atoms with van der Waals surface area (Å²) in [6.07, 6.45) is 5.56. The van der Waals surface area contributed by atoms with Crippen LogP contribution >= 0.6 is 11.6 Å². The van der Waals surface area contributed by atoms with Gasteiger partial charge in [-0.3, -0.25) is 4.79 Å². The molecule has 4 nitrogen and oxygen atoms in total. The Morgan fingerprint density at radius 1 is 1.24 bits per heavy atom. The van der Waals surface area contributed by atoms with E-state index in [2.05, 4.69) is 10.6 Å². The molecule has 2 aromatic carbocycles. The molecule has 0 saturated heterocycles. The molecule has 1 aromatic heterocycles. The second-order valence-electron chi connectivity index (χ2n) is 7.68. The minimum absolute atomic E-state index is 0.0366. The van der Waals surface area contributed by atoms with Crippen molar-refractivity contribution in [2.45, 2.75) is 51.6 Å². The van der Waals surface area contributed by atoms with Gasteiger partial charge in [-0.1, -0.05) is 43.5 Å². The number of hydrogen-bond donors (Lipinski definition) is 0. The molecule has 0 radical (unpaired) electrons. The third-order valence-corrected chi connectivity index (χ3v) is 5.93. The molecule has 1 aliphatic rings. The second-order valence-corrected chi connectivity index (χ2v) is 8.09. The van der Waals surface area contributed by atoms with Gasteiger partial charge in [0.25, 0.3) is 5.91 Å². The van der Waals surface area contributed by atoms with E-state index in [4.69, 9.17) is 16.6 Å². The van der Waals surface area contributed by atoms with Gasteiger partial charge in [0.15, 0.2) is 0 Å². The molecule has 6 heteroatoms. The summed E-state index contributed by atoms with van der Waals surface area (Å²) in [5.74, 6) is 0.236. The summed E-state index contributed by atoms with van der Waals surface area (Å²) in [5, 5.41) is -0.0366. The van der Waals surface area contributed by atoms with Gasteiger partial charge in [0.2, 0.25) is 0 Å². The van der Waals surface area contributed by atoms with E-state index < -0.39 is 5.82 Å². The van der Waals surface area contributed by atoms with Crippen molar-refractivity contribution in [3.63, 3.8) is 0 Å². The number of halogens is 2. The fraction of sp³-hybridized carbons (Fsp3) is 0.391. The predicted octanol–water partition coefficient (Wildman–Crippen LogP) is 6.00. The third-order valence-electron chi connectivity index (χ3n) is 5.64. The highest BCUT2D eigenvalue weighted by atomic mass is 35.5. The van der Waals surface area contributed by atoms with Crippen LogP contribution in [0.5, 0.6) is 0 Å². The molecule has 3 aromatic rings. The molecule has 1 saturated carbocycles. The molecule has 0 unspecified atom stereocenters. The highest BCUT2D eigenvalue weighted by molar-refractivity contribution is 6.31. The van der Waals surface area contributed by atoms with Crippen LogP contribution in [-0.4, -0.2) is 26.9 Å². The molecule has 4 rings (SSSR count). The van der Waals surface area contributed by atoms with Gasteiger partial charge in [-0.25, -0.2) is 9.37 Å². The monoisotopic (exact) mass is 413 g/mol. The lowest BCUT2D eigenvalue weighted by Gasteiger charge is -2.24. The SMILES string of the molecule is CCCN(Cc1nc2ccccc2n1C1CCCC1)C(=O)c1ccc(F)c(Cl)c1. The fourth-order valence-electron chi connectivity index (χ4n) is 4.28. The van der Waals surface area contributed by atoms with Crippen molar-refractivity contribution in [2.24, 2.45) is 0 Å². The summed E-state index contributed by atoms with van der Waals surface area (Å²) < 4.78 is 15.9. The number of benzene rings is 2. The lowest BCUT2D eigenvalue weighted by Crippen LogP contribution is -2.32. The summed E-state index contributed by atoms with van der Waals surface area (Å²) in [4.78, 5) is 19.8. The van der Waals surface area contributed by atoms with Gasteiger partial charge in [-0.05, 0) is 49.6 Å². The zero-order valence-electron chi connectivity index (χ0n) is 16.6. The summed E-state index contributed by atoms with van der Waals surface area (Å²) in [5.41, 5.74) is 2.49. The van der Waals surface area contributed by atoms with Crippen molar-refractivity contribution < 1.29 is 9.18 Å². The van der Waals surface area contributed by atoms with Gasteiger partial charge >= 0.3 is 0 Å². The number of aromatic nitrogens is 2. The van der Waals surface area contributed by atoms with Crippen LogP contribution in [0, 0.1) is 5.82 Å². The van der Waals surface area contributed by atoms with E-state index in [9.17, 15) is 9.18 Å². The van der Waals surface area contributed by atoms with E-state index in [1.807, 2.05) is 25.1 Å². The molecule has 0 atom stereocenters. The smallest absolute Gasteiger partial charge is 0.254 e. The van der Waals surface area contributed by atoms with E-state index in [-0.39, 0.29) is 10.9 Å². The average molecular weight is 414 g/mol. The van der Waals surface area contributed by atoms with Crippen LogP contribution in [0.25, 0.3) is 11.0 Å². The molecule has 1 amide bonds. The van der Waals surface area contributed by atoms with Crippen molar-refractivity contribution in [3.8, 4) is 0 Å². The van der Waals surface area contributed by atoms with E-state index in [0.29, 0.717) is 24.7 Å². The zero-order chi connectivity index (χ0) is 20.4. The Kier molecular flexibility index (Phi) is 5.86. The van der Waals surface area contributed by atoms with E-state index in [1.54, 1.807) is 4.90 Å². The number of fused-ring (bicyclic) bond motifs is 1. The Bertz CT molecular complexity index is 1030. The summed E-state index contributed by atoms with van der Waals surface area (Å²) >= 11 is 5.90. The fourth-order valence-corrected chi connectivity index (χ4v) is 4.46. The molecule has 0 N–H and O–H groups in total. The van der Waals surface area contributed by atoms with Gasteiger partial charge in [-0.15, -0.1) is 0 Å². The zero-order valence-corrected chi connectivity index (χ0v) is 17.3. The average Bonchev–Trinajstić information content (AvgIpc) is 3.36. The second kappa shape index (κ2) is 8.54. The van der Waals surface area contributed by atoms with Crippen LogP contribution in [0.2, 0.25) is 5.02 Å². The highest BCUT2D eigenvalue weighted by Crippen LogP contribution is 2.34. The molecular formula is C23H25ClFN3O. The van der Waals surface area contributed by atoms with Crippen molar-refractivity contribution in [1.82, 2.24) is 14.5 Å². The Balaban J connectivity index is 1.69. The topological polar surface area (TPSA) is 38.1 Å². The van der Waals surface area contributed by atoms with Gasteiger partial charge in [0.1, 0.15) is 11.6 Å². The van der Waals surface area contributed by atoms with Crippen LogP contribution in [0.1, 0.15) is 61.3 Å². The Labute approximate surface area is 175 Å². The molecule has 1 aliphatic carbocycles. The first kappa shape index (κ1) is 19.9. The van der Waals surface area contributed by atoms with Crippen molar-refractivity contribution in [2.75, 3.05) is 6.54 Å². The maximum absolute atomic E-state index is 13.5. The van der Waals surface area contributed by atoms with Crippen LogP contribution in [-0.2, 0) is 6.54 Å². The number of amides is 1. The lowest BCUT2D eigenvalue weighted by molar-refractivity contribution is 0.0736. The first-order valence-corrected chi connectivity index (χ1v) is 10.7. The van der Waals surface area contributed by atoms with Gasteiger partial charge in [0.05, 0.1) is 22.6 Å². The molecule has 0 bridgehead atoms. The molecule has 1 fully saturated rings. The first-order valence-electron chi connectivity index (χ1n) is 10.3. The maximum atomic E-state index is 13.5. The van der Waals surface area contributed by atoms with Crippen molar-refractivity contribution in [3.05, 3.63) is 64.7 Å².